The van der Waals surface area contributed by atoms with E-state index in [4.69, 9.17) is 0 Å². The Morgan fingerprint density at radius 3 is 2.65 bits per heavy atom. The molecular formula is C25H28F3N5O. The van der Waals surface area contributed by atoms with E-state index in [0.717, 1.165) is 17.4 Å². The molecule has 2 aliphatic rings. The van der Waals surface area contributed by atoms with Gasteiger partial charge in [-0.25, -0.2) is 0 Å². The summed E-state index contributed by atoms with van der Waals surface area (Å²) >= 11 is 0. The van der Waals surface area contributed by atoms with Crippen molar-refractivity contribution in [2.45, 2.75) is 18.6 Å². The number of alkyl halides is 3. The SMILES string of the molecule is CN(C)CCNC(=O)[C@H]1Cc2cc(C(F)(F)F)ccc2N2CCN(c3ccccc3C#N)C[C@H]12. The molecule has 0 spiro atoms. The molecule has 2 aromatic carbocycles. The molecule has 2 aromatic rings. The van der Waals surface area contributed by atoms with Crippen molar-refractivity contribution in [3.8, 4) is 6.07 Å². The Morgan fingerprint density at radius 1 is 1.18 bits per heavy atom. The summed E-state index contributed by atoms with van der Waals surface area (Å²) < 4.78 is 40.1. The molecule has 2 heterocycles. The van der Waals surface area contributed by atoms with E-state index in [1.54, 1.807) is 6.07 Å². The van der Waals surface area contributed by atoms with Gasteiger partial charge in [0, 0.05) is 38.4 Å². The van der Waals surface area contributed by atoms with Crippen molar-refractivity contribution >= 4 is 17.3 Å². The van der Waals surface area contributed by atoms with Crippen LogP contribution in [0.4, 0.5) is 24.5 Å². The Labute approximate surface area is 197 Å². The number of halogens is 3. The molecular weight excluding hydrogens is 443 g/mol. The molecule has 6 nitrogen and oxygen atoms in total. The highest BCUT2D eigenvalue weighted by molar-refractivity contribution is 5.82. The standard InChI is InChI=1S/C25H28F3N5O/c1-31(2)10-9-30-24(34)20-14-18-13-19(25(26,27)28)7-8-22(18)33-12-11-32(16-23(20)33)21-6-4-3-5-17(21)15-29/h3-8,13,20,23H,9-12,14,16H2,1-2H3,(H,30,34)/t20-,23+/m0/s1. The van der Waals surface area contributed by atoms with E-state index >= 15 is 0 Å². The van der Waals surface area contributed by atoms with E-state index in [1.165, 1.54) is 12.1 Å². The predicted molar refractivity (Wildman–Crippen MR) is 125 cm³/mol. The van der Waals surface area contributed by atoms with Crippen LogP contribution in [0.15, 0.2) is 42.5 Å². The van der Waals surface area contributed by atoms with E-state index in [-0.39, 0.29) is 18.4 Å². The number of carbonyl (C=O) groups excluding carboxylic acids is 1. The fourth-order valence-electron chi connectivity index (χ4n) is 4.90. The monoisotopic (exact) mass is 471 g/mol. The zero-order valence-electron chi connectivity index (χ0n) is 19.3. The van der Waals surface area contributed by atoms with Crippen molar-refractivity contribution in [3.05, 3.63) is 59.2 Å². The molecule has 1 N–H and O–H groups in total. The third-order valence-electron chi connectivity index (χ3n) is 6.60. The first-order valence-corrected chi connectivity index (χ1v) is 11.3. The molecule has 1 saturated heterocycles. The van der Waals surface area contributed by atoms with Crippen LogP contribution in [0.2, 0.25) is 0 Å². The van der Waals surface area contributed by atoms with Crippen LogP contribution in [0.25, 0.3) is 0 Å². The quantitative estimate of drug-likeness (QED) is 0.726. The maximum atomic E-state index is 13.4. The van der Waals surface area contributed by atoms with E-state index < -0.39 is 17.7 Å². The van der Waals surface area contributed by atoms with E-state index in [9.17, 15) is 23.2 Å². The minimum Gasteiger partial charge on any atom is -0.367 e. The summed E-state index contributed by atoms with van der Waals surface area (Å²) in [4.78, 5) is 19.4. The number of nitrogens with one attached hydrogen (secondary N) is 1. The summed E-state index contributed by atoms with van der Waals surface area (Å²) in [6.45, 7) is 2.79. The zero-order valence-corrected chi connectivity index (χ0v) is 19.3. The lowest BCUT2D eigenvalue weighted by Crippen LogP contribution is -2.61. The number of piperazine rings is 1. The number of benzene rings is 2. The minimum absolute atomic E-state index is 0.157. The number of likely N-dealkylation sites (N-methyl/N-ethyl adjacent to an activating group) is 1. The zero-order chi connectivity index (χ0) is 24.5. The molecule has 1 amide bonds. The van der Waals surface area contributed by atoms with Gasteiger partial charge in [0.2, 0.25) is 5.91 Å². The van der Waals surface area contributed by atoms with E-state index in [2.05, 4.69) is 21.2 Å². The summed E-state index contributed by atoms with van der Waals surface area (Å²) in [6, 6.07) is 13.2. The second kappa shape index (κ2) is 9.55. The lowest BCUT2D eigenvalue weighted by atomic mass is 9.82. The number of carbonyl (C=O) groups is 1. The summed E-state index contributed by atoms with van der Waals surface area (Å²) in [5.74, 6) is -0.662. The largest absolute Gasteiger partial charge is 0.416 e. The molecule has 34 heavy (non-hydrogen) atoms. The Hall–Kier alpha value is -3.25. The topological polar surface area (TPSA) is 62.6 Å². The van der Waals surface area contributed by atoms with E-state index in [1.807, 2.05) is 37.2 Å². The van der Waals surface area contributed by atoms with Crippen LogP contribution in [0.1, 0.15) is 16.7 Å². The summed E-state index contributed by atoms with van der Waals surface area (Å²) in [5, 5.41) is 12.5. The van der Waals surface area contributed by atoms with Gasteiger partial charge in [-0.05, 0) is 56.4 Å². The second-order valence-corrected chi connectivity index (χ2v) is 9.08. The molecule has 2 atom stereocenters. The highest BCUT2D eigenvalue weighted by Gasteiger charge is 2.43. The van der Waals surface area contributed by atoms with Gasteiger partial charge in [0.25, 0.3) is 0 Å². The van der Waals surface area contributed by atoms with Crippen LogP contribution in [-0.4, -0.2) is 63.7 Å². The Balaban J connectivity index is 1.66. The number of hydrogen-bond donors (Lipinski definition) is 1. The molecule has 0 radical (unpaired) electrons. The molecule has 0 saturated carbocycles. The van der Waals surface area contributed by atoms with Gasteiger partial charge in [0.05, 0.1) is 28.8 Å². The average Bonchev–Trinajstić information content (AvgIpc) is 2.81. The molecule has 0 aromatic heterocycles. The smallest absolute Gasteiger partial charge is 0.367 e. The Kier molecular flexibility index (Phi) is 6.71. The molecule has 2 aliphatic heterocycles. The third-order valence-corrected chi connectivity index (χ3v) is 6.60. The molecule has 180 valence electrons. The maximum Gasteiger partial charge on any atom is 0.416 e. The number of hydrogen-bond acceptors (Lipinski definition) is 5. The highest BCUT2D eigenvalue weighted by Crippen LogP contribution is 2.40. The Bertz CT molecular complexity index is 1090. The Morgan fingerprint density at radius 2 is 1.94 bits per heavy atom. The highest BCUT2D eigenvalue weighted by atomic mass is 19.4. The van der Waals surface area contributed by atoms with E-state index in [0.29, 0.717) is 43.9 Å². The van der Waals surface area contributed by atoms with Crippen molar-refractivity contribution in [1.29, 1.82) is 5.26 Å². The first-order valence-electron chi connectivity index (χ1n) is 11.3. The molecule has 4 rings (SSSR count). The number of anilines is 2. The molecule has 0 bridgehead atoms. The minimum atomic E-state index is -4.44. The van der Waals surface area contributed by atoms with Crippen LogP contribution >= 0.6 is 0 Å². The van der Waals surface area contributed by atoms with Crippen molar-refractivity contribution in [2.24, 2.45) is 5.92 Å². The van der Waals surface area contributed by atoms with Crippen molar-refractivity contribution in [1.82, 2.24) is 10.2 Å². The van der Waals surface area contributed by atoms with Crippen molar-refractivity contribution in [2.75, 3.05) is 56.6 Å². The van der Waals surface area contributed by atoms with Crippen molar-refractivity contribution < 1.29 is 18.0 Å². The maximum absolute atomic E-state index is 13.4. The normalized spacial score (nSPS) is 19.9. The number of amides is 1. The van der Waals surface area contributed by atoms with Gasteiger partial charge >= 0.3 is 6.18 Å². The van der Waals surface area contributed by atoms with Crippen LogP contribution in [0.5, 0.6) is 0 Å². The fraction of sp³-hybridized carbons (Fsp3) is 0.440. The predicted octanol–water partition coefficient (Wildman–Crippen LogP) is 3.12. The number of fused-ring (bicyclic) bond motifs is 3. The van der Waals surface area contributed by atoms with Gasteiger partial charge in [-0.2, -0.15) is 18.4 Å². The molecule has 1 fully saturated rings. The van der Waals surface area contributed by atoms with Crippen molar-refractivity contribution in [3.63, 3.8) is 0 Å². The second-order valence-electron chi connectivity index (χ2n) is 9.08. The van der Waals surface area contributed by atoms with Crippen LogP contribution in [0, 0.1) is 17.2 Å². The summed E-state index contributed by atoms with van der Waals surface area (Å²) in [7, 11) is 3.82. The first-order chi connectivity index (χ1) is 16.2. The first kappa shape index (κ1) is 23.9. The summed E-state index contributed by atoms with van der Waals surface area (Å²) in [5.41, 5.74) is 1.98. The lowest BCUT2D eigenvalue weighted by molar-refractivity contribution is -0.137. The number of nitrogens with zero attached hydrogens (tertiary/aromatic N) is 4. The van der Waals surface area contributed by atoms with Gasteiger partial charge in [-0.3, -0.25) is 4.79 Å². The van der Waals surface area contributed by atoms with Gasteiger partial charge in [0.15, 0.2) is 0 Å². The summed E-state index contributed by atoms with van der Waals surface area (Å²) in [6.07, 6.45) is -4.20. The number of nitriles is 1. The van der Waals surface area contributed by atoms with Gasteiger partial charge < -0.3 is 20.0 Å². The van der Waals surface area contributed by atoms with Gasteiger partial charge in [-0.15, -0.1) is 0 Å². The fourth-order valence-corrected chi connectivity index (χ4v) is 4.90. The molecule has 9 heteroatoms. The van der Waals surface area contributed by atoms with Gasteiger partial charge in [0.1, 0.15) is 6.07 Å². The molecule has 0 aliphatic carbocycles. The van der Waals surface area contributed by atoms with Crippen LogP contribution in [-0.2, 0) is 17.4 Å². The average molecular weight is 472 g/mol. The number of para-hydroxylation sites is 1. The van der Waals surface area contributed by atoms with Crippen LogP contribution < -0.4 is 15.1 Å². The van der Waals surface area contributed by atoms with Crippen LogP contribution in [0.3, 0.4) is 0 Å². The third kappa shape index (κ3) is 4.82. The van der Waals surface area contributed by atoms with Gasteiger partial charge in [-0.1, -0.05) is 12.1 Å². The molecule has 0 unspecified atom stereocenters. The lowest BCUT2D eigenvalue weighted by Gasteiger charge is -2.50. The number of rotatable bonds is 5.